The fourth-order valence-electron chi connectivity index (χ4n) is 1.45. The molecule has 0 spiro atoms. The number of nitro groups is 1. The predicted molar refractivity (Wildman–Crippen MR) is 68.8 cm³/mol. The van der Waals surface area contributed by atoms with Gasteiger partial charge in [0.1, 0.15) is 11.9 Å². The summed E-state index contributed by atoms with van der Waals surface area (Å²) in [6.45, 7) is 1.91. The van der Waals surface area contributed by atoms with E-state index in [1.807, 2.05) is 13.0 Å². The van der Waals surface area contributed by atoms with Crippen molar-refractivity contribution in [1.29, 1.82) is 0 Å². The van der Waals surface area contributed by atoms with Gasteiger partial charge in [0.05, 0.1) is 4.92 Å². The van der Waals surface area contributed by atoms with Gasteiger partial charge in [-0.05, 0) is 30.7 Å². The van der Waals surface area contributed by atoms with E-state index in [9.17, 15) is 10.1 Å². The summed E-state index contributed by atoms with van der Waals surface area (Å²) in [7, 11) is 1.60. The van der Waals surface area contributed by atoms with Crippen molar-refractivity contribution in [3.8, 4) is 11.6 Å². The van der Waals surface area contributed by atoms with Crippen molar-refractivity contribution in [1.82, 2.24) is 9.78 Å². The van der Waals surface area contributed by atoms with Gasteiger partial charge in [-0.15, -0.1) is 5.10 Å². The van der Waals surface area contributed by atoms with Gasteiger partial charge >= 0.3 is 11.6 Å². The van der Waals surface area contributed by atoms with Crippen molar-refractivity contribution in [3.05, 3.63) is 44.5 Å². The van der Waals surface area contributed by atoms with E-state index in [4.69, 9.17) is 4.74 Å². The smallest absolute Gasteiger partial charge is 0.350 e. The van der Waals surface area contributed by atoms with Crippen LogP contribution in [0.3, 0.4) is 0 Å². The lowest BCUT2D eigenvalue weighted by atomic mass is 10.2. The first-order valence-electron chi connectivity index (χ1n) is 5.09. The second kappa shape index (κ2) is 4.77. The van der Waals surface area contributed by atoms with Crippen LogP contribution < -0.4 is 4.74 Å². The molecule has 94 valence electrons. The van der Waals surface area contributed by atoms with E-state index in [0.29, 0.717) is 5.75 Å². The highest BCUT2D eigenvalue weighted by molar-refractivity contribution is 9.10. The molecule has 0 aliphatic rings. The van der Waals surface area contributed by atoms with E-state index in [-0.39, 0.29) is 11.6 Å². The number of hydrogen-bond acceptors (Lipinski definition) is 4. The summed E-state index contributed by atoms with van der Waals surface area (Å²) in [4.78, 5) is 10.3. The van der Waals surface area contributed by atoms with Crippen molar-refractivity contribution in [2.45, 2.75) is 6.92 Å². The molecule has 0 amide bonds. The van der Waals surface area contributed by atoms with Crippen molar-refractivity contribution in [2.24, 2.45) is 7.05 Å². The minimum atomic E-state index is -0.520. The number of aryl methyl sites for hydroxylation is 2. The molecule has 0 fully saturated rings. The van der Waals surface area contributed by atoms with E-state index in [1.54, 1.807) is 19.2 Å². The van der Waals surface area contributed by atoms with Crippen LogP contribution in [-0.4, -0.2) is 14.7 Å². The maximum atomic E-state index is 10.8. The molecule has 0 N–H and O–H groups in total. The highest BCUT2D eigenvalue weighted by Crippen LogP contribution is 2.30. The van der Waals surface area contributed by atoms with Gasteiger partial charge in [0.25, 0.3) is 0 Å². The predicted octanol–water partition coefficient (Wildman–Crippen LogP) is 3.19. The van der Waals surface area contributed by atoms with E-state index in [1.165, 1.54) is 10.9 Å². The Balaban J connectivity index is 2.33. The van der Waals surface area contributed by atoms with Crippen LogP contribution in [0.4, 0.5) is 5.69 Å². The van der Waals surface area contributed by atoms with Gasteiger partial charge in [0.2, 0.25) is 0 Å². The Morgan fingerprint density at radius 3 is 2.83 bits per heavy atom. The lowest BCUT2D eigenvalue weighted by Gasteiger charge is -2.04. The average Bonchev–Trinajstić information content (AvgIpc) is 2.65. The van der Waals surface area contributed by atoms with Crippen LogP contribution in [0.1, 0.15) is 5.56 Å². The Morgan fingerprint density at radius 2 is 2.22 bits per heavy atom. The van der Waals surface area contributed by atoms with E-state index >= 15 is 0 Å². The quantitative estimate of drug-likeness (QED) is 0.644. The maximum absolute atomic E-state index is 10.8. The number of ether oxygens (including phenoxy) is 1. The third-order valence-electron chi connectivity index (χ3n) is 2.32. The molecule has 0 saturated heterocycles. The molecule has 2 aromatic rings. The molecule has 6 nitrogen and oxygen atoms in total. The second-order valence-corrected chi connectivity index (χ2v) is 4.62. The highest BCUT2D eigenvalue weighted by atomic mass is 79.9. The zero-order valence-corrected chi connectivity index (χ0v) is 11.3. The summed E-state index contributed by atoms with van der Waals surface area (Å²) in [5.41, 5.74) is 0.823. The zero-order chi connectivity index (χ0) is 13.3. The summed E-state index contributed by atoms with van der Waals surface area (Å²) >= 11 is 3.37. The van der Waals surface area contributed by atoms with Crippen LogP contribution in [-0.2, 0) is 7.05 Å². The van der Waals surface area contributed by atoms with Crippen molar-refractivity contribution in [2.75, 3.05) is 0 Å². The molecular weight excluding hydrogens is 302 g/mol. The third kappa shape index (κ3) is 2.51. The molecule has 18 heavy (non-hydrogen) atoms. The van der Waals surface area contributed by atoms with Gasteiger partial charge in [-0.3, -0.25) is 14.8 Å². The van der Waals surface area contributed by atoms with Gasteiger partial charge in [-0.1, -0.05) is 15.9 Å². The van der Waals surface area contributed by atoms with Crippen molar-refractivity contribution < 1.29 is 9.66 Å². The van der Waals surface area contributed by atoms with Gasteiger partial charge in [-0.2, -0.15) is 0 Å². The van der Waals surface area contributed by atoms with Gasteiger partial charge in [0.15, 0.2) is 0 Å². The van der Waals surface area contributed by atoms with Gasteiger partial charge < -0.3 is 4.74 Å². The minimum absolute atomic E-state index is 0.00998. The van der Waals surface area contributed by atoms with Crippen LogP contribution in [0, 0.1) is 17.0 Å². The lowest BCUT2D eigenvalue weighted by molar-refractivity contribution is -0.385. The molecule has 0 radical (unpaired) electrons. The molecule has 0 atom stereocenters. The molecule has 0 bridgehead atoms. The average molecular weight is 312 g/mol. The Kier molecular flexibility index (Phi) is 3.33. The first-order chi connectivity index (χ1) is 8.47. The number of halogens is 1. The number of nitrogens with zero attached hydrogens (tertiary/aromatic N) is 3. The summed E-state index contributed by atoms with van der Waals surface area (Å²) in [6.07, 6.45) is 1.31. The first kappa shape index (κ1) is 12.6. The molecule has 0 saturated carbocycles. The summed E-state index contributed by atoms with van der Waals surface area (Å²) in [6, 6.07) is 5.32. The summed E-state index contributed by atoms with van der Waals surface area (Å²) in [5.74, 6) is 0.502. The molecule has 0 aliphatic heterocycles. The highest BCUT2D eigenvalue weighted by Gasteiger charge is 2.20. The molecule has 1 aromatic carbocycles. The minimum Gasteiger partial charge on any atom is -0.433 e. The lowest BCUT2D eigenvalue weighted by Crippen LogP contribution is -1.92. The third-order valence-corrected chi connectivity index (χ3v) is 3.21. The van der Waals surface area contributed by atoms with Crippen LogP contribution >= 0.6 is 15.9 Å². The van der Waals surface area contributed by atoms with Crippen molar-refractivity contribution in [3.63, 3.8) is 0 Å². The Morgan fingerprint density at radius 1 is 1.50 bits per heavy atom. The number of aromatic nitrogens is 2. The van der Waals surface area contributed by atoms with Crippen LogP contribution in [0.5, 0.6) is 11.6 Å². The van der Waals surface area contributed by atoms with Gasteiger partial charge in [0, 0.05) is 11.5 Å². The maximum Gasteiger partial charge on any atom is 0.350 e. The summed E-state index contributed by atoms with van der Waals surface area (Å²) in [5, 5.41) is 14.7. The SMILES string of the molecule is Cc1cc(Oc2nn(C)cc2[N+](=O)[O-])ccc1Br. The molecule has 1 heterocycles. The first-order valence-corrected chi connectivity index (χ1v) is 5.88. The number of rotatable bonds is 3. The van der Waals surface area contributed by atoms with E-state index in [2.05, 4.69) is 21.0 Å². The van der Waals surface area contributed by atoms with Crippen LogP contribution in [0.2, 0.25) is 0 Å². The fourth-order valence-corrected chi connectivity index (χ4v) is 1.69. The summed E-state index contributed by atoms with van der Waals surface area (Å²) < 4.78 is 7.73. The normalized spacial score (nSPS) is 10.4. The van der Waals surface area contributed by atoms with Crippen molar-refractivity contribution >= 4 is 21.6 Å². The van der Waals surface area contributed by atoms with Crippen LogP contribution in [0.25, 0.3) is 0 Å². The Hall–Kier alpha value is -1.89. The molecule has 1 aromatic heterocycles. The Labute approximate surface area is 111 Å². The molecule has 0 unspecified atom stereocenters. The van der Waals surface area contributed by atoms with Gasteiger partial charge in [-0.25, -0.2) is 0 Å². The monoisotopic (exact) mass is 311 g/mol. The molecule has 7 heteroatoms. The van der Waals surface area contributed by atoms with Crippen LogP contribution in [0.15, 0.2) is 28.9 Å². The topological polar surface area (TPSA) is 70.2 Å². The zero-order valence-electron chi connectivity index (χ0n) is 9.75. The van der Waals surface area contributed by atoms with E-state index in [0.717, 1.165) is 10.0 Å². The number of benzene rings is 1. The second-order valence-electron chi connectivity index (χ2n) is 3.76. The Bertz CT molecular complexity index is 610. The number of hydrogen-bond donors (Lipinski definition) is 0. The molecule has 0 aliphatic carbocycles. The molecule has 2 rings (SSSR count). The standard InChI is InChI=1S/C11H10BrN3O3/c1-7-5-8(3-4-9(7)12)18-11-10(15(16)17)6-14(2)13-11/h3-6H,1-2H3. The molecular formula is C11H10BrN3O3. The van der Waals surface area contributed by atoms with E-state index < -0.39 is 4.92 Å². The fraction of sp³-hybridized carbons (Fsp3) is 0.182. The largest absolute Gasteiger partial charge is 0.433 e.